The third-order valence-corrected chi connectivity index (χ3v) is 4.94. The number of carbonyl (C=O) groups is 1. The molecular formula is C18H17BrFNO. The highest BCUT2D eigenvalue weighted by molar-refractivity contribution is 9.10. The molecule has 2 aromatic rings. The van der Waals surface area contributed by atoms with Gasteiger partial charge in [0.1, 0.15) is 5.82 Å². The van der Waals surface area contributed by atoms with E-state index in [1.54, 1.807) is 12.1 Å². The maximum absolute atomic E-state index is 12.9. The van der Waals surface area contributed by atoms with Crippen molar-refractivity contribution in [1.82, 2.24) is 5.32 Å². The van der Waals surface area contributed by atoms with Crippen LogP contribution in [-0.4, -0.2) is 5.91 Å². The minimum Gasteiger partial charge on any atom is -0.346 e. The highest BCUT2D eigenvalue weighted by Crippen LogP contribution is 2.44. The van der Waals surface area contributed by atoms with Crippen molar-refractivity contribution in [2.24, 2.45) is 0 Å². The molecule has 1 N–H and O–H groups in total. The molecule has 22 heavy (non-hydrogen) atoms. The van der Waals surface area contributed by atoms with E-state index in [4.69, 9.17) is 0 Å². The van der Waals surface area contributed by atoms with Crippen LogP contribution in [-0.2, 0) is 16.8 Å². The van der Waals surface area contributed by atoms with E-state index in [0.29, 0.717) is 0 Å². The van der Waals surface area contributed by atoms with Crippen molar-refractivity contribution in [3.63, 3.8) is 0 Å². The monoisotopic (exact) mass is 361 g/mol. The van der Waals surface area contributed by atoms with E-state index in [2.05, 4.69) is 27.3 Å². The van der Waals surface area contributed by atoms with E-state index in [9.17, 15) is 9.18 Å². The lowest BCUT2D eigenvalue weighted by Crippen LogP contribution is -2.51. The SMILES string of the molecule is O=C(Cc1ccc(F)cc1)NC1(c2ccccc2Br)CCC1. The van der Waals surface area contributed by atoms with Crippen molar-refractivity contribution in [1.29, 1.82) is 0 Å². The zero-order chi connectivity index (χ0) is 15.6. The largest absolute Gasteiger partial charge is 0.346 e. The second-order valence-corrected chi connectivity index (χ2v) is 6.62. The molecule has 1 fully saturated rings. The highest BCUT2D eigenvalue weighted by atomic mass is 79.9. The molecule has 0 bridgehead atoms. The molecule has 4 heteroatoms. The van der Waals surface area contributed by atoms with Gasteiger partial charge in [-0.2, -0.15) is 0 Å². The quantitative estimate of drug-likeness (QED) is 0.862. The Morgan fingerprint density at radius 3 is 2.41 bits per heavy atom. The van der Waals surface area contributed by atoms with E-state index >= 15 is 0 Å². The molecule has 1 saturated carbocycles. The first kappa shape index (κ1) is 15.2. The second kappa shape index (κ2) is 6.21. The molecule has 1 aliphatic carbocycles. The Labute approximate surface area is 137 Å². The fourth-order valence-corrected chi connectivity index (χ4v) is 3.60. The van der Waals surface area contributed by atoms with Crippen molar-refractivity contribution in [2.75, 3.05) is 0 Å². The summed E-state index contributed by atoms with van der Waals surface area (Å²) in [5.41, 5.74) is 1.69. The van der Waals surface area contributed by atoms with Crippen LogP contribution in [0.25, 0.3) is 0 Å². The van der Waals surface area contributed by atoms with E-state index in [0.717, 1.165) is 34.9 Å². The summed E-state index contributed by atoms with van der Waals surface area (Å²) in [6.45, 7) is 0. The van der Waals surface area contributed by atoms with Gasteiger partial charge in [0, 0.05) is 4.47 Å². The molecule has 0 aromatic heterocycles. The molecule has 3 rings (SSSR count). The Morgan fingerprint density at radius 1 is 1.14 bits per heavy atom. The van der Waals surface area contributed by atoms with Crippen molar-refractivity contribution < 1.29 is 9.18 Å². The third-order valence-electron chi connectivity index (χ3n) is 4.25. The first-order valence-electron chi connectivity index (χ1n) is 7.40. The number of rotatable bonds is 4. The Balaban J connectivity index is 1.74. The van der Waals surface area contributed by atoms with Gasteiger partial charge >= 0.3 is 0 Å². The number of amides is 1. The highest BCUT2D eigenvalue weighted by Gasteiger charge is 2.41. The summed E-state index contributed by atoms with van der Waals surface area (Å²) < 4.78 is 13.9. The van der Waals surface area contributed by atoms with Gasteiger partial charge in [-0.1, -0.05) is 46.3 Å². The molecule has 1 aliphatic rings. The summed E-state index contributed by atoms with van der Waals surface area (Å²) in [7, 11) is 0. The van der Waals surface area contributed by atoms with Gasteiger partial charge in [0.05, 0.1) is 12.0 Å². The predicted octanol–water partition coefficient (Wildman–Crippen LogP) is 4.33. The molecule has 0 radical (unpaired) electrons. The number of nitrogens with one attached hydrogen (secondary N) is 1. The van der Waals surface area contributed by atoms with Gasteiger partial charge in [-0.3, -0.25) is 4.79 Å². The van der Waals surface area contributed by atoms with Crippen LogP contribution in [0.2, 0.25) is 0 Å². The van der Waals surface area contributed by atoms with E-state index in [-0.39, 0.29) is 23.7 Å². The Bertz CT molecular complexity index is 680. The average molecular weight is 362 g/mol. The van der Waals surface area contributed by atoms with Crippen molar-refractivity contribution in [2.45, 2.75) is 31.2 Å². The van der Waals surface area contributed by atoms with Crippen LogP contribution in [0.15, 0.2) is 53.0 Å². The average Bonchev–Trinajstić information content (AvgIpc) is 2.46. The molecule has 1 amide bonds. The van der Waals surface area contributed by atoms with Gasteiger partial charge < -0.3 is 5.32 Å². The van der Waals surface area contributed by atoms with E-state index < -0.39 is 0 Å². The fourth-order valence-electron chi connectivity index (χ4n) is 2.94. The van der Waals surface area contributed by atoms with Gasteiger partial charge in [-0.25, -0.2) is 4.39 Å². The summed E-state index contributed by atoms with van der Waals surface area (Å²) in [6.07, 6.45) is 3.28. The molecule has 0 atom stereocenters. The molecule has 0 spiro atoms. The molecule has 0 saturated heterocycles. The molecule has 0 aliphatic heterocycles. The number of hydrogen-bond donors (Lipinski definition) is 1. The molecule has 0 unspecified atom stereocenters. The van der Waals surface area contributed by atoms with E-state index in [1.807, 2.05) is 18.2 Å². The van der Waals surface area contributed by atoms with Crippen LogP contribution in [0, 0.1) is 5.82 Å². The normalized spacial score (nSPS) is 15.9. The van der Waals surface area contributed by atoms with Crippen molar-refractivity contribution in [3.05, 3.63) is 69.9 Å². The van der Waals surface area contributed by atoms with Gasteiger partial charge in [-0.15, -0.1) is 0 Å². The Kier molecular flexibility index (Phi) is 4.30. The molecular weight excluding hydrogens is 345 g/mol. The minimum absolute atomic E-state index is 0.0259. The topological polar surface area (TPSA) is 29.1 Å². The lowest BCUT2D eigenvalue weighted by molar-refractivity contribution is -0.123. The van der Waals surface area contributed by atoms with Gasteiger partial charge in [0.25, 0.3) is 0 Å². The smallest absolute Gasteiger partial charge is 0.225 e. The summed E-state index contributed by atoms with van der Waals surface area (Å²) in [6, 6.07) is 14.1. The van der Waals surface area contributed by atoms with Crippen LogP contribution in [0.1, 0.15) is 30.4 Å². The van der Waals surface area contributed by atoms with Gasteiger partial charge in [0.15, 0.2) is 0 Å². The van der Waals surface area contributed by atoms with Gasteiger partial charge in [-0.05, 0) is 48.6 Å². The first-order valence-corrected chi connectivity index (χ1v) is 8.19. The van der Waals surface area contributed by atoms with E-state index in [1.165, 1.54) is 12.1 Å². The van der Waals surface area contributed by atoms with Crippen LogP contribution in [0.4, 0.5) is 4.39 Å². The fraction of sp³-hybridized carbons (Fsp3) is 0.278. The Morgan fingerprint density at radius 2 is 1.82 bits per heavy atom. The summed E-state index contributed by atoms with van der Waals surface area (Å²) in [4.78, 5) is 12.4. The van der Waals surface area contributed by atoms with Crippen LogP contribution >= 0.6 is 15.9 Å². The van der Waals surface area contributed by atoms with Crippen molar-refractivity contribution in [3.8, 4) is 0 Å². The summed E-state index contributed by atoms with van der Waals surface area (Å²) in [5.74, 6) is -0.310. The molecule has 2 nitrogen and oxygen atoms in total. The van der Waals surface area contributed by atoms with Crippen LogP contribution < -0.4 is 5.32 Å². The lowest BCUT2D eigenvalue weighted by Gasteiger charge is -2.43. The number of hydrogen-bond acceptors (Lipinski definition) is 1. The maximum Gasteiger partial charge on any atom is 0.225 e. The zero-order valence-corrected chi connectivity index (χ0v) is 13.7. The number of halogens is 2. The number of benzene rings is 2. The number of carbonyl (C=O) groups excluding carboxylic acids is 1. The summed E-state index contributed by atoms with van der Waals surface area (Å²) in [5, 5.41) is 3.19. The van der Waals surface area contributed by atoms with Crippen LogP contribution in [0.3, 0.4) is 0 Å². The standard InChI is InChI=1S/C18H17BrFNO/c19-16-5-2-1-4-15(16)18(10-3-11-18)21-17(22)12-13-6-8-14(20)9-7-13/h1-2,4-9H,3,10-12H2,(H,21,22). The van der Waals surface area contributed by atoms with Crippen molar-refractivity contribution >= 4 is 21.8 Å². The lowest BCUT2D eigenvalue weighted by atomic mass is 9.71. The molecule has 0 heterocycles. The Hall–Kier alpha value is -1.68. The van der Waals surface area contributed by atoms with Crippen LogP contribution in [0.5, 0.6) is 0 Å². The maximum atomic E-state index is 12.9. The predicted molar refractivity (Wildman–Crippen MR) is 87.9 cm³/mol. The summed E-state index contributed by atoms with van der Waals surface area (Å²) >= 11 is 3.58. The van der Waals surface area contributed by atoms with Gasteiger partial charge in [0.2, 0.25) is 5.91 Å². The second-order valence-electron chi connectivity index (χ2n) is 5.77. The third kappa shape index (κ3) is 3.07. The molecule has 2 aromatic carbocycles. The zero-order valence-electron chi connectivity index (χ0n) is 12.1. The molecule has 114 valence electrons. The first-order chi connectivity index (χ1) is 10.6. The minimum atomic E-state index is -0.284.